The molecule has 0 spiro atoms. The highest BCUT2D eigenvalue weighted by Gasteiger charge is 2.28. The second-order valence-electron chi connectivity index (χ2n) is 5.78. The zero-order valence-electron chi connectivity index (χ0n) is 12.9. The Balaban J connectivity index is 1.66. The van der Waals surface area contributed by atoms with Crippen molar-refractivity contribution in [1.82, 2.24) is 20.2 Å². The van der Waals surface area contributed by atoms with Crippen LogP contribution in [0.4, 0.5) is 0 Å². The standard InChI is InChI=1S/C17H16N4O2S/c22-15-10-21(13(8-18-15)11-4-2-1-3-5-11)9-14-19-12-6-7-24-16(12)17(23)20-14/h1-7,13H,8-10H2,(H,18,22)(H,19,20,23). The Hall–Kier alpha value is -2.51. The highest BCUT2D eigenvalue weighted by molar-refractivity contribution is 7.17. The predicted molar refractivity (Wildman–Crippen MR) is 92.8 cm³/mol. The SMILES string of the molecule is O=C1CN(Cc2nc3ccsc3c(=O)[nH]2)C(c2ccccc2)CN1. The van der Waals surface area contributed by atoms with E-state index in [0.717, 1.165) is 5.56 Å². The molecule has 4 rings (SSSR count). The number of carbonyl (C=O) groups is 1. The van der Waals surface area contributed by atoms with Gasteiger partial charge in [-0.15, -0.1) is 11.3 Å². The minimum Gasteiger partial charge on any atom is -0.353 e. The van der Waals surface area contributed by atoms with Gasteiger partial charge in [0, 0.05) is 6.54 Å². The zero-order valence-corrected chi connectivity index (χ0v) is 13.7. The molecule has 1 saturated heterocycles. The summed E-state index contributed by atoms with van der Waals surface area (Å²) in [6, 6.07) is 12.0. The fraction of sp³-hybridized carbons (Fsp3) is 0.235. The molecule has 2 aromatic heterocycles. The van der Waals surface area contributed by atoms with Crippen LogP contribution in [-0.4, -0.2) is 33.9 Å². The predicted octanol–water partition coefficient (Wildman–Crippen LogP) is 1.66. The van der Waals surface area contributed by atoms with Gasteiger partial charge in [-0.1, -0.05) is 30.3 Å². The van der Waals surface area contributed by atoms with Crippen molar-refractivity contribution in [2.75, 3.05) is 13.1 Å². The van der Waals surface area contributed by atoms with Gasteiger partial charge >= 0.3 is 0 Å². The van der Waals surface area contributed by atoms with Crippen molar-refractivity contribution < 1.29 is 4.79 Å². The number of carbonyl (C=O) groups excluding carboxylic acids is 1. The van der Waals surface area contributed by atoms with Crippen molar-refractivity contribution in [3.05, 3.63) is 63.5 Å². The van der Waals surface area contributed by atoms with Crippen molar-refractivity contribution in [3.8, 4) is 0 Å². The Kier molecular flexibility index (Phi) is 3.87. The van der Waals surface area contributed by atoms with Crippen LogP contribution in [0.1, 0.15) is 17.4 Å². The molecule has 1 aliphatic rings. The van der Waals surface area contributed by atoms with Crippen molar-refractivity contribution in [3.63, 3.8) is 0 Å². The van der Waals surface area contributed by atoms with E-state index in [2.05, 4.69) is 15.3 Å². The van der Waals surface area contributed by atoms with Gasteiger partial charge in [-0.05, 0) is 17.0 Å². The van der Waals surface area contributed by atoms with E-state index >= 15 is 0 Å². The van der Waals surface area contributed by atoms with Gasteiger partial charge in [0.1, 0.15) is 10.5 Å². The lowest BCUT2D eigenvalue weighted by Crippen LogP contribution is -2.49. The number of aromatic nitrogens is 2. The van der Waals surface area contributed by atoms with Gasteiger partial charge < -0.3 is 10.3 Å². The molecule has 24 heavy (non-hydrogen) atoms. The number of amides is 1. The first kappa shape index (κ1) is 15.0. The van der Waals surface area contributed by atoms with Crippen LogP contribution in [0.2, 0.25) is 0 Å². The third kappa shape index (κ3) is 2.83. The number of hydrogen-bond donors (Lipinski definition) is 2. The smallest absolute Gasteiger partial charge is 0.268 e. The van der Waals surface area contributed by atoms with Gasteiger partial charge in [0.25, 0.3) is 5.56 Å². The van der Waals surface area contributed by atoms with Crippen LogP contribution in [-0.2, 0) is 11.3 Å². The summed E-state index contributed by atoms with van der Waals surface area (Å²) in [6.45, 7) is 1.26. The van der Waals surface area contributed by atoms with E-state index in [9.17, 15) is 9.59 Å². The summed E-state index contributed by atoms with van der Waals surface area (Å²) in [5.74, 6) is 0.572. The van der Waals surface area contributed by atoms with Crippen LogP contribution in [0.15, 0.2) is 46.6 Å². The fourth-order valence-electron chi connectivity index (χ4n) is 3.05. The molecule has 122 valence electrons. The van der Waals surface area contributed by atoms with Crippen LogP contribution in [0, 0.1) is 0 Å². The van der Waals surface area contributed by atoms with Gasteiger partial charge in [-0.25, -0.2) is 4.98 Å². The Morgan fingerprint density at radius 1 is 1.21 bits per heavy atom. The largest absolute Gasteiger partial charge is 0.353 e. The average molecular weight is 340 g/mol. The molecule has 1 amide bonds. The van der Waals surface area contributed by atoms with E-state index in [1.165, 1.54) is 11.3 Å². The molecule has 3 aromatic rings. The number of nitrogens with one attached hydrogen (secondary N) is 2. The molecule has 3 heterocycles. The van der Waals surface area contributed by atoms with Crippen molar-refractivity contribution >= 4 is 27.5 Å². The van der Waals surface area contributed by atoms with Gasteiger partial charge in [-0.2, -0.15) is 0 Å². The first-order valence-corrected chi connectivity index (χ1v) is 8.61. The lowest BCUT2D eigenvalue weighted by Gasteiger charge is -2.35. The van der Waals surface area contributed by atoms with E-state index in [0.29, 0.717) is 29.1 Å². The summed E-state index contributed by atoms with van der Waals surface area (Å²) >= 11 is 1.38. The van der Waals surface area contributed by atoms with E-state index in [1.54, 1.807) is 0 Å². The highest BCUT2D eigenvalue weighted by Crippen LogP contribution is 2.24. The first-order chi connectivity index (χ1) is 11.7. The molecule has 0 bridgehead atoms. The lowest BCUT2D eigenvalue weighted by molar-refractivity contribution is -0.125. The normalized spacial score (nSPS) is 18.7. The maximum Gasteiger partial charge on any atom is 0.268 e. The van der Waals surface area contributed by atoms with E-state index < -0.39 is 0 Å². The Bertz CT molecular complexity index is 934. The zero-order chi connectivity index (χ0) is 16.5. The molecule has 1 unspecified atom stereocenters. The van der Waals surface area contributed by atoms with Gasteiger partial charge in [0.05, 0.1) is 24.6 Å². The molecule has 1 aromatic carbocycles. The third-order valence-electron chi connectivity index (χ3n) is 4.18. The number of piperazine rings is 1. The number of nitrogens with zero attached hydrogens (tertiary/aromatic N) is 2. The topological polar surface area (TPSA) is 78.1 Å². The Morgan fingerprint density at radius 2 is 2.04 bits per heavy atom. The summed E-state index contributed by atoms with van der Waals surface area (Å²) in [5, 5.41) is 4.77. The van der Waals surface area contributed by atoms with Crippen molar-refractivity contribution in [2.45, 2.75) is 12.6 Å². The van der Waals surface area contributed by atoms with Crippen LogP contribution in [0.5, 0.6) is 0 Å². The van der Waals surface area contributed by atoms with Crippen molar-refractivity contribution in [1.29, 1.82) is 0 Å². The summed E-state index contributed by atoms with van der Waals surface area (Å²) in [4.78, 5) is 33.4. The number of thiophene rings is 1. The van der Waals surface area contributed by atoms with Gasteiger partial charge in [-0.3, -0.25) is 14.5 Å². The molecule has 0 aliphatic carbocycles. The minimum atomic E-state index is -0.122. The maximum absolute atomic E-state index is 12.1. The molecular formula is C17H16N4O2S. The Morgan fingerprint density at radius 3 is 2.88 bits per heavy atom. The van der Waals surface area contributed by atoms with E-state index in [1.807, 2.05) is 46.7 Å². The number of hydrogen-bond acceptors (Lipinski definition) is 5. The molecule has 6 nitrogen and oxygen atoms in total. The molecule has 1 fully saturated rings. The molecule has 0 radical (unpaired) electrons. The number of rotatable bonds is 3. The average Bonchev–Trinajstić information content (AvgIpc) is 3.05. The van der Waals surface area contributed by atoms with Crippen LogP contribution in [0.25, 0.3) is 10.2 Å². The van der Waals surface area contributed by atoms with Gasteiger partial charge in [0.15, 0.2) is 0 Å². The summed E-state index contributed by atoms with van der Waals surface area (Å²) < 4.78 is 0.634. The summed E-state index contributed by atoms with van der Waals surface area (Å²) in [7, 11) is 0. The number of benzene rings is 1. The molecule has 2 N–H and O–H groups in total. The molecule has 7 heteroatoms. The number of aromatic amines is 1. The second kappa shape index (κ2) is 6.18. The number of fused-ring (bicyclic) bond motifs is 1. The van der Waals surface area contributed by atoms with E-state index in [-0.39, 0.29) is 24.1 Å². The third-order valence-corrected chi connectivity index (χ3v) is 5.08. The van der Waals surface area contributed by atoms with Crippen molar-refractivity contribution in [2.24, 2.45) is 0 Å². The summed E-state index contributed by atoms with van der Waals surface area (Å²) in [5.41, 5.74) is 1.72. The molecule has 0 saturated carbocycles. The quantitative estimate of drug-likeness (QED) is 0.760. The number of H-pyrrole nitrogens is 1. The van der Waals surface area contributed by atoms with Crippen LogP contribution < -0.4 is 10.9 Å². The maximum atomic E-state index is 12.1. The fourth-order valence-corrected chi connectivity index (χ4v) is 3.77. The van der Waals surface area contributed by atoms with Crippen LogP contribution in [0.3, 0.4) is 0 Å². The van der Waals surface area contributed by atoms with Gasteiger partial charge in [0.2, 0.25) is 5.91 Å². The second-order valence-corrected chi connectivity index (χ2v) is 6.70. The van der Waals surface area contributed by atoms with E-state index in [4.69, 9.17) is 0 Å². The Labute approximate surface area is 142 Å². The molecular weight excluding hydrogens is 324 g/mol. The minimum absolute atomic E-state index is 0.0128. The monoisotopic (exact) mass is 340 g/mol. The summed E-state index contributed by atoms with van der Waals surface area (Å²) in [6.07, 6.45) is 0. The van der Waals surface area contributed by atoms with Crippen LogP contribution >= 0.6 is 11.3 Å². The molecule has 1 aliphatic heterocycles. The first-order valence-electron chi connectivity index (χ1n) is 7.73. The highest BCUT2D eigenvalue weighted by atomic mass is 32.1. The molecule has 1 atom stereocenters. The lowest BCUT2D eigenvalue weighted by atomic mass is 10.0.